The molecule has 0 radical (unpaired) electrons. The molecule has 2 unspecified atom stereocenters. The van der Waals surface area contributed by atoms with Gasteiger partial charge in [-0.1, -0.05) is 6.07 Å². The van der Waals surface area contributed by atoms with E-state index in [1.165, 1.54) is 30.3 Å². The first kappa shape index (κ1) is 13.2. The average molecular weight is 294 g/mol. The number of ether oxygens (including phenoxy) is 1. The molecule has 2 aromatic carbocycles. The fourth-order valence-corrected chi connectivity index (χ4v) is 3.45. The number of fused-ring (bicyclic) bond motifs is 1. The topological polar surface area (TPSA) is 26.3 Å². The number of hydrogen-bond donors (Lipinski definition) is 0. The van der Waals surface area contributed by atoms with Gasteiger partial charge in [0.15, 0.2) is 0 Å². The van der Waals surface area contributed by atoms with Crippen molar-refractivity contribution in [1.29, 1.82) is 0 Å². The Morgan fingerprint density at radius 1 is 1.15 bits per heavy atom. The lowest BCUT2D eigenvalue weighted by Gasteiger charge is -2.10. The van der Waals surface area contributed by atoms with Gasteiger partial charge in [0.25, 0.3) is 0 Å². The van der Waals surface area contributed by atoms with Crippen molar-refractivity contribution in [3.63, 3.8) is 0 Å². The van der Waals surface area contributed by atoms with Crippen LogP contribution >= 0.6 is 0 Å². The van der Waals surface area contributed by atoms with Gasteiger partial charge in [0.05, 0.1) is 16.6 Å². The summed E-state index contributed by atoms with van der Waals surface area (Å²) in [6, 6.07) is 10.1. The monoisotopic (exact) mass is 294 g/mol. The Morgan fingerprint density at radius 2 is 1.95 bits per heavy atom. The van der Waals surface area contributed by atoms with Crippen LogP contribution in [-0.4, -0.2) is 16.1 Å². The van der Waals surface area contributed by atoms with Gasteiger partial charge in [-0.3, -0.25) is 4.21 Å². The zero-order valence-corrected chi connectivity index (χ0v) is 11.3. The predicted octanol–water partition coefficient (Wildman–Crippen LogP) is 3.08. The van der Waals surface area contributed by atoms with E-state index in [0.29, 0.717) is 17.1 Å². The number of rotatable bonds is 3. The van der Waals surface area contributed by atoms with Gasteiger partial charge < -0.3 is 4.74 Å². The molecule has 0 spiro atoms. The fraction of sp³-hybridized carbons (Fsp3) is 0.200. The Kier molecular flexibility index (Phi) is 3.53. The summed E-state index contributed by atoms with van der Waals surface area (Å²) in [4.78, 5) is 0.440. The van der Waals surface area contributed by atoms with Gasteiger partial charge in [-0.05, 0) is 36.4 Å². The van der Waals surface area contributed by atoms with Gasteiger partial charge in [0, 0.05) is 16.9 Å². The third-order valence-electron chi connectivity index (χ3n) is 3.16. The molecule has 3 rings (SSSR count). The zero-order valence-electron chi connectivity index (χ0n) is 10.5. The summed E-state index contributed by atoms with van der Waals surface area (Å²) in [7, 11) is -1.34. The van der Waals surface area contributed by atoms with Crippen molar-refractivity contribution in [2.75, 3.05) is 5.75 Å². The average Bonchev–Trinajstić information content (AvgIpc) is 2.80. The van der Waals surface area contributed by atoms with E-state index in [2.05, 4.69) is 0 Å². The van der Waals surface area contributed by atoms with E-state index in [-0.39, 0.29) is 17.7 Å². The lowest BCUT2D eigenvalue weighted by atomic mass is 10.1. The van der Waals surface area contributed by atoms with Crippen molar-refractivity contribution in [3.05, 3.63) is 59.7 Å². The van der Waals surface area contributed by atoms with Crippen LogP contribution in [0.3, 0.4) is 0 Å². The molecule has 0 N–H and O–H groups in total. The van der Waals surface area contributed by atoms with Crippen molar-refractivity contribution in [2.45, 2.75) is 17.4 Å². The predicted molar refractivity (Wildman–Crippen MR) is 72.2 cm³/mol. The zero-order chi connectivity index (χ0) is 14.1. The first-order valence-electron chi connectivity index (χ1n) is 6.21. The molecule has 0 bridgehead atoms. The van der Waals surface area contributed by atoms with Crippen LogP contribution in [0.25, 0.3) is 0 Å². The lowest BCUT2D eigenvalue weighted by Crippen LogP contribution is -2.21. The minimum Gasteiger partial charge on any atom is -0.489 e. The Hall–Kier alpha value is -1.75. The second-order valence-corrected chi connectivity index (χ2v) is 6.16. The van der Waals surface area contributed by atoms with Gasteiger partial charge in [0.2, 0.25) is 0 Å². The van der Waals surface area contributed by atoms with E-state index in [1.54, 1.807) is 12.1 Å². The van der Waals surface area contributed by atoms with E-state index in [0.717, 1.165) is 5.56 Å². The second kappa shape index (κ2) is 5.32. The van der Waals surface area contributed by atoms with Crippen LogP contribution in [0.1, 0.15) is 5.56 Å². The first-order valence-corrected chi connectivity index (χ1v) is 7.53. The van der Waals surface area contributed by atoms with Crippen molar-refractivity contribution in [1.82, 2.24) is 0 Å². The van der Waals surface area contributed by atoms with Crippen LogP contribution in [0.4, 0.5) is 8.78 Å². The maximum absolute atomic E-state index is 13.1. The molecular weight excluding hydrogens is 282 g/mol. The molecule has 2 atom stereocenters. The summed E-state index contributed by atoms with van der Waals surface area (Å²) in [5.41, 5.74) is 0.784. The first-order chi connectivity index (χ1) is 9.61. The molecule has 1 heterocycles. The van der Waals surface area contributed by atoms with Crippen LogP contribution in [0, 0.1) is 11.6 Å². The van der Waals surface area contributed by atoms with Gasteiger partial charge in [-0.25, -0.2) is 8.78 Å². The highest BCUT2D eigenvalue weighted by Crippen LogP contribution is 2.30. The van der Waals surface area contributed by atoms with Gasteiger partial charge in [-0.2, -0.15) is 0 Å². The SMILES string of the molecule is O=S(CC1Cc2cc(F)ccc2O1)c1cccc(F)c1. The van der Waals surface area contributed by atoms with Crippen LogP contribution in [0.2, 0.25) is 0 Å². The highest BCUT2D eigenvalue weighted by Gasteiger charge is 2.25. The van der Waals surface area contributed by atoms with Gasteiger partial charge in [-0.15, -0.1) is 0 Å². The molecule has 0 fully saturated rings. The summed E-state index contributed by atoms with van der Waals surface area (Å²) in [6.45, 7) is 0. The highest BCUT2D eigenvalue weighted by atomic mass is 32.2. The molecule has 0 amide bonds. The summed E-state index contributed by atoms with van der Waals surface area (Å²) in [5.74, 6) is 0.181. The molecule has 2 nitrogen and oxygen atoms in total. The highest BCUT2D eigenvalue weighted by molar-refractivity contribution is 7.85. The van der Waals surface area contributed by atoms with Crippen LogP contribution < -0.4 is 4.74 Å². The Morgan fingerprint density at radius 3 is 2.75 bits per heavy atom. The quantitative estimate of drug-likeness (QED) is 0.869. The van der Waals surface area contributed by atoms with Gasteiger partial charge in [0.1, 0.15) is 23.5 Å². The second-order valence-electron chi connectivity index (χ2n) is 4.67. The van der Waals surface area contributed by atoms with Crippen molar-refractivity contribution >= 4 is 10.8 Å². The molecule has 0 saturated carbocycles. The summed E-state index contributed by atoms with van der Waals surface area (Å²) in [6.07, 6.45) is 0.254. The number of benzene rings is 2. The van der Waals surface area contributed by atoms with Crippen LogP contribution in [0.5, 0.6) is 5.75 Å². The van der Waals surface area contributed by atoms with Gasteiger partial charge >= 0.3 is 0 Å². The number of hydrogen-bond acceptors (Lipinski definition) is 2. The smallest absolute Gasteiger partial charge is 0.124 e. The van der Waals surface area contributed by atoms with E-state index < -0.39 is 16.6 Å². The largest absolute Gasteiger partial charge is 0.489 e. The molecule has 1 aliphatic heterocycles. The van der Waals surface area contributed by atoms with Crippen LogP contribution in [0.15, 0.2) is 47.4 Å². The summed E-state index contributed by atoms with van der Waals surface area (Å²) < 4.78 is 44.0. The molecule has 20 heavy (non-hydrogen) atoms. The third-order valence-corrected chi connectivity index (χ3v) is 4.61. The molecule has 104 valence electrons. The molecule has 1 aliphatic rings. The minimum atomic E-state index is -1.34. The molecular formula is C15H12F2O2S. The van der Waals surface area contributed by atoms with E-state index in [1.807, 2.05) is 0 Å². The van der Waals surface area contributed by atoms with Crippen LogP contribution in [-0.2, 0) is 17.2 Å². The minimum absolute atomic E-state index is 0.264. The number of halogens is 2. The molecule has 0 saturated heterocycles. The Labute approximate surface area is 117 Å². The van der Waals surface area contributed by atoms with Crippen molar-refractivity contribution in [3.8, 4) is 5.75 Å². The molecule has 0 aromatic heterocycles. The molecule has 2 aromatic rings. The summed E-state index contributed by atoms with van der Waals surface area (Å²) in [5, 5.41) is 0. The lowest BCUT2D eigenvalue weighted by molar-refractivity contribution is 0.258. The van der Waals surface area contributed by atoms with Crippen molar-refractivity contribution in [2.24, 2.45) is 0 Å². The van der Waals surface area contributed by atoms with E-state index in [4.69, 9.17) is 4.74 Å². The van der Waals surface area contributed by atoms with Crippen molar-refractivity contribution < 1.29 is 17.7 Å². The molecule has 5 heteroatoms. The maximum atomic E-state index is 13.1. The Balaban J connectivity index is 1.70. The maximum Gasteiger partial charge on any atom is 0.124 e. The van der Waals surface area contributed by atoms with E-state index >= 15 is 0 Å². The standard InChI is InChI=1S/C15H12F2O2S/c16-11-2-1-3-14(8-11)20(18)9-13-7-10-6-12(17)4-5-15(10)19-13/h1-6,8,13H,7,9H2. The van der Waals surface area contributed by atoms with E-state index in [9.17, 15) is 13.0 Å². The summed E-state index contributed by atoms with van der Waals surface area (Å²) >= 11 is 0. The fourth-order valence-electron chi connectivity index (χ4n) is 2.26. The normalized spacial score (nSPS) is 18.4. The Bertz CT molecular complexity index is 673. The third kappa shape index (κ3) is 2.72. The molecule has 0 aliphatic carbocycles.